The third-order valence-electron chi connectivity index (χ3n) is 5.84. The van der Waals surface area contributed by atoms with Crippen LogP contribution in [0, 0.1) is 13.8 Å². The number of benzene rings is 1. The summed E-state index contributed by atoms with van der Waals surface area (Å²) in [4.78, 5) is 25.7. The number of piperazine rings is 1. The van der Waals surface area contributed by atoms with Crippen molar-refractivity contribution in [1.82, 2.24) is 20.0 Å². The lowest BCUT2D eigenvalue weighted by atomic mass is 10.1. The number of amides is 1. The molecule has 0 bridgehead atoms. The lowest BCUT2D eigenvalue weighted by Gasteiger charge is -2.35. The molecule has 0 radical (unpaired) electrons. The van der Waals surface area contributed by atoms with Crippen LogP contribution in [0.4, 0.5) is 5.82 Å². The molecule has 0 unspecified atom stereocenters. The number of rotatable bonds is 7. The lowest BCUT2D eigenvalue weighted by Crippen LogP contribution is -2.49. The number of hydrogen-bond donors (Lipinski definition) is 0. The van der Waals surface area contributed by atoms with Gasteiger partial charge in [0.15, 0.2) is 0 Å². The zero-order valence-corrected chi connectivity index (χ0v) is 18.9. The number of aromatic nitrogens is 3. The summed E-state index contributed by atoms with van der Waals surface area (Å²) in [7, 11) is 0. The summed E-state index contributed by atoms with van der Waals surface area (Å²) in [6, 6.07) is 9.92. The predicted octanol–water partition coefficient (Wildman–Crippen LogP) is 3.43. The average Bonchev–Trinajstić information content (AvgIpc) is 3.15. The maximum Gasteiger partial charge on any atom is 0.223 e. The molecular formula is C24H29N5O3. The molecule has 1 saturated heterocycles. The molecule has 1 fully saturated rings. The Morgan fingerprint density at radius 1 is 1.09 bits per heavy atom. The third-order valence-corrected chi connectivity index (χ3v) is 5.84. The first-order valence-electron chi connectivity index (χ1n) is 11.0. The molecule has 1 amide bonds. The SMILES string of the molecule is CCOc1ccc(-c2cc(N3CCN(C(=O)CCc4c(C)noc4C)CC3)ncn2)cc1. The molecule has 32 heavy (non-hydrogen) atoms. The summed E-state index contributed by atoms with van der Waals surface area (Å²) in [5.74, 6) is 2.70. The number of nitrogens with zero attached hydrogens (tertiary/aromatic N) is 5. The second-order valence-corrected chi connectivity index (χ2v) is 7.89. The molecule has 1 aliphatic rings. The number of aryl methyl sites for hydroxylation is 2. The van der Waals surface area contributed by atoms with Gasteiger partial charge in [-0.05, 0) is 51.5 Å². The first-order chi connectivity index (χ1) is 15.5. The third kappa shape index (κ3) is 4.90. The minimum absolute atomic E-state index is 0.169. The first kappa shape index (κ1) is 21.8. The van der Waals surface area contributed by atoms with Crippen LogP contribution >= 0.6 is 0 Å². The Bertz CT molecular complexity index is 1040. The molecule has 3 heterocycles. The van der Waals surface area contributed by atoms with Gasteiger partial charge in [-0.15, -0.1) is 0 Å². The maximum absolute atomic E-state index is 12.7. The zero-order chi connectivity index (χ0) is 22.5. The van der Waals surface area contributed by atoms with Gasteiger partial charge < -0.3 is 19.1 Å². The lowest BCUT2D eigenvalue weighted by molar-refractivity contribution is -0.131. The van der Waals surface area contributed by atoms with Gasteiger partial charge in [-0.1, -0.05) is 5.16 Å². The Kier molecular flexibility index (Phi) is 6.68. The highest BCUT2D eigenvalue weighted by atomic mass is 16.5. The molecule has 0 spiro atoms. The van der Waals surface area contributed by atoms with E-state index in [2.05, 4.69) is 20.0 Å². The highest BCUT2D eigenvalue weighted by Gasteiger charge is 2.23. The van der Waals surface area contributed by atoms with E-state index >= 15 is 0 Å². The smallest absolute Gasteiger partial charge is 0.223 e. The van der Waals surface area contributed by atoms with E-state index in [4.69, 9.17) is 9.26 Å². The molecule has 3 aromatic rings. The van der Waals surface area contributed by atoms with Crippen molar-refractivity contribution in [3.8, 4) is 17.0 Å². The topological polar surface area (TPSA) is 84.6 Å². The normalized spacial score (nSPS) is 14.0. The number of anilines is 1. The molecule has 0 N–H and O–H groups in total. The van der Waals surface area contributed by atoms with Crippen LogP contribution in [0.3, 0.4) is 0 Å². The Labute approximate surface area is 188 Å². The van der Waals surface area contributed by atoms with Gasteiger partial charge in [0.1, 0.15) is 23.7 Å². The average molecular weight is 436 g/mol. The predicted molar refractivity (Wildman–Crippen MR) is 122 cm³/mol. The fourth-order valence-corrected chi connectivity index (χ4v) is 4.00. The maximum atomic E-state index is 12.7. The van der Waals surface area contributed by atoms with E-state index in [1.807, 2.05) is 56.0 Å². The number of carbonyl (C=O) groups is 1. The van der Waals surface area contributed by atoms with Crippen molar-refractivity contribution < 1.29 is 14.1 Å². The van der Waals surface area contributed by atoms with Crippen LogP contribution in [0.25, 0.3) is 11.3 Å². The number of carbonyl (C=O) groups excluding carboxylic acids is 1. The van der Waals surface area contributed by atoms with Crippen molar-refractivity contribution in [3.63, 3.8) is 0 Å². The van der Waals surface area contributed by atoms with Gasteiger partial charge in [0.2, 0.25) is 5.91 Å². The molecule has 0 atom stereocenters. The van der Waals surface area contributed by atoms with E-state index in [0.717, 1.165) is 52.9 Å². The van der Waals surface area contributed by atoms with Crippen LogP contribution in [0.1, 0.15) is 30.4 Å². The Hall–Kier alpha value is -3.42. The quantitative estimate of drug-likeness (QED) is 0.562. The molecule has 1 aromatic carbocycles. The van der Waals surface area contributed by atoms with Crippen molar-refractivity contribution in [2.24, 2.45) is 0 Å². The van der Waals surface area contributed by atoms with Crippen LogP contribution < -0.4 is 9.64 Å². The summed E-state index contributed by atoms with van der Waals surface area (Å²) >= 11 is 0. The van der Waals surface area contributed by atoms with E-state index in [0.29, 0.717) is 32.5 Å². The fourth-order valence-electron chi connectivity index (χ4n) is 4.00. The highest BCUT2D eigenvalue weighted by Crippen LogP contribution is 2.24. The van der Waals surface area contributed by atoms with E-state index in [1.54, 1.807) is 6.33 Å². The fraction of sp³-hybridized carbons (Fsp3) is 0.417. The van der Waals surface area contributed by atoms with Gasteiger partial charge in [0, 0.05) is 49.8 Å². The monoisotopic (exact) mass is 435 g/mol. The standard InChI is InChI=1S/C24H29N5O3/c1-4-31-20-7-5-19(6-8-20)22-15-23(26-16-25-22)28-11-13-29(14-12-28)24(30)10-9-21-17(2)27-32-18(21)3/h5-8,15-16H,4,9-14H2,1-3H3. The van der Waals surface area contributed by atoms with Crippen LogP contribution in [-0.4, -0.2) is 58.7 Å². The van der Waals surface area contributed by atoms with Crippen molar-refractivity contribution in [3.05, 3.63) is 53.7 Å². The Morgan fingerprint density at radius 3 is 2.50 bits per heavy atom. The van der Waals surface area contributed by atoms with Crippen molar-refractivity contribution in [1.29, 1.82) is 0 Å². The minimum atomic E-state index is 0.169. The van der Waals surface area contributed by atoms with Crippen LogP contribution in [-0.2, 0) is 11.2 Å². The molecule has 8 nitrogen and oxygen atoms in total. The summed E-state index contributed by atoms with van der Waals surface area (Å²) < 4.78 is 10.7. The van der Waals surface area contributed by atoms with Gasteiger partial charge >= 0.3 is 0 Å². The summed E-state index contributed by atoms with van der Waals surface area (Å²) in [6.07, 6.45) is 2.73. The van der Waals surface area contributed by atoms with Gasteiger partial charge in [0.25, 0.3) is 0 Å². The molecule has 2 aromatic heterocycles. The van der Waals surface area contributed by atoms with E-state index in [-0.39, 0.29) is 5.91 Å². The van der Waals surface area contributed by atoms with Gasteiger partial charge in [-0.25, -0.2) is 9.97 Å². The van der Waals surface area contributed by atoms with Crippen molar-refractivity contribution in [2.45, 2.75) is 33.6 Å². The number of hydrogen-bond acceptors (Lipinski definition) is 7. The van der Waals surface area contributed by atoms with E-state index in [1.165, 1.54) is 0 Å². The van der Waals surface area contributed by atoms with Crippen molar-refractivity contribution >= 4 is 11.7 Å². The second-order valence-electron chi connectivity index (χ2n) is 7.89. The minimum Gasteiger partial charge on any atom is -0.494 e. The van der Waals surface area contributed by atoms with Crippen LogP contribution in [0.2, 0.25) is 0 Å². The first-order valence-corrected chi connectivity index (χ1v) is 11.0. The Balaban J connectivity index is 1.34. The van der Waals surface area contributed by atoms with Gasteiger partial charge in [0.05, 0.1) is 18.0 Å². The summed E-state index contributed by atoms with van der Waals surface area (Å²) in [5, 5.41) is 3.97. The molecule has 168 valence electrons. The molecule has 4 rings (SSSR count). The summed E-state index contributed by atoms with van der Waals surface area (Å²) in [6.45, 7) is 9.28. The second kappa shape index (κ2) is 9.80. The highest BCUT2D eigenvalue weighted by molar-refractivity contribution is 5.77. The molecule has 8 heteroatoms. The van der Waals surface area contributed by atoms with E-state index in [9.17, 15) is 4.79 Å². The van der Waals surface area contributed by atoms with Crippen LogP contribution in [0.15, 0.2) is 41.2 Å². The summed E-state index contributed by atoms with van der Waals surface area (Å²) in [5.41, 5.74) is 3.80. The molecule has 0 aliphatic carbocycles. The van der Waals surface area contributed by atoms with E-state index < -0.39 is 0 Å². The van der Waals surface area contributed by atoms with Crippen LogP contribution in [0.5, 0.6) is 5.75 Å². The largest absolute Gasteiger partial charge is 0.494 e. The molecular weight excluding hydrogens is 406 g/mol. The number of ether oxygens (including phenoxy) is 1. The van der Waals surface area contributed by atoms with Gasteiger partial charge in [-0.3, -0.25) is 4.79 Å². The van der Waals surface area contributed by atoms with Gasteiger partial charge in [-0.2, -0.15) is 0 Å². The van der Waals surface area contributed by atoms with Crippen molar-refractivity contribution in [2.75, 3.05) is 37.7 Å². The zero-order valence-electron chi connectivity index (χ0n) is 18.9. The molecule has 1 aliphatic heterocycles. The molecule has 0 saturated carbocycles. The Morgan fingerprint density at radius 2 is 1.84 bits per heavy atom.